The molecule has 8 nitrogen and oxygen atoms in total. The van der Waals surface area contributed by atoms with Crippen LogP contribution in [0.15, 0.2) is 21.9 Å². The molecule has 4 N–H and O–H groups in total. The monoisotopic (exact) mass is 364 g/mol. The van der Waals surface area contributed by atoms with Gasteiger partial charge in [-0.05, 0) is 0 Å². The van der Waals surface area contributed by atoms with E-state index in [9.17, 15) is 19.8 Å². The molecule has 98 valence electrons. The predicted molar refractivity (Wildman–Crippen MR) is 60.1 cm³/mol. The molecule has 9 heteroatoms. The van der Waals surface area contributed by atoms with E-state index < -0.39 is 42.4 Å². The molecule has 1 aliphatic rings. The van der Waals surface area contributed by atoms with Gasteiger partial charge >= 0.3 is 5.69 Å². The molecular weight excluding hydrogens is 351 g/mol. The fraction of sp³-hybridized carbons (Fsp3) is 0.556. The van der Waals surface area contributed by atoms with Crippen LogP contribution in [0.1, 0.15) is 6.23 Å². The number of aliphatic hydroxyl groups excluding tert-OH is 3. The molecule has 1 saturated heterocycles. The summed E-state index contributed by atoms with van der Waals surface area (Å²) in [6.45, 7) is -0.479. The predicted octanol–water partition coefficient (Wildman–Crippen LogP) is -3.23. The molecule has 2 rings (SSSR count). The Morgan fingerprint density at radius 3 is 2.50 bits per heavy atom. The third-order valence-electron chi connectivity index (χ3n) is 2.64. The third-order valence-corrected chi connectivity index (χ3v) is 2.64. The molecule has 2 heterocycles. The van der Waals surface area contributed by atoms with Gasteiger partial charge in [0.1, 0.15) is 18.3 Å². The quantitative estimate of drug-likeness (QED) is 0.410. The average Bonchev–Trinajstić information content (AvgIpc) is 2.57. The zero-order valence-corrected chi connectivity index (χ0v) is 12.0. The van der Waals surface area contributed by atoms with Gasteiger partial charge in [0, 0.05) is 36.2 Å². The Bertz CT molecular complexity index is 514. The van der Waals surface area contributed by atoms with E-state index in [4.69, 9.17) is 9.84 Å². The van der Waals surface area contributed by atoms with Crippen molar-refractivity contribution in [3.63, 3.8) is 0 Å². The van der Waals surface area contributed by atoms with Crippen LogP contribution in [0.25, 0.3) is 0 Å². The molecule has 4 atom stereocenters. The van der Waals surface area contributed by atoms with Crippen LogP contribution in [-0.4, -0.2) is 73.7 Å². The normalized spacial score (nSPS) is 31.1. The number of aromatic amines is 1. The van der Waals surface area contributed by atoms with E-state index in [-0.39, 0.29) is 23.9 Å². The average molecular weight is 363 g/mol. The molecular formula is C9H12N2O6Sn. The maximum atomic E-state index is 11.4. The number of aromatic nitrogens is 2. The van der Waals surface area contributed by atoms with Crippen LogP contribution in [0.3, 0.4) is 0 Å². The number of nitrogens with one attached hydrogen (secondary N) is 1. The van der Waals surface area contributed by atoms with Crippen molar-refractivity contribution in [2.75, 3.05) is 6.61 Å². The Morgan fingerprint density at radius 1 is 1.33 bits per heavy atom. The summed E-state index contributed by atoms with van der Waals surface area (Å²) in [6.07, 6.45) is -3.58. The Balaban J connectivity index is 0.00000162. The molecule has 4 radical (unpaired) electrons. The van der Waals surface area contributed by atoms with E-state index in [1.54, 1.807) is 0 Å². The van der Waals surface area contributed by atoms with Gasteiger partial charge in [0.25, 0.3) is 5.56 Å². The van der Waals surface area contributed by atoms with Gasteiger partial charge in [-0.15, -0.1) is 0 Å². The van der Waals surface area contributed by atoms with E-state index in [1.165, 1.54) is 0 Å². The van der Waals surface area contributed by atoms with Gasteiger partial charge in [0.15, 0.2) is 6.23 Å². The molecule has 0 amide bonds. The second-order valence-electron chi connectivity index (χ2n) is 3.75. The van der Waals surface area contributed by atoms with E-state index in [1.807, 2.05) is 4.98 Å². The maximum Gasteiger partial charge on any atom is 0.330 e. The topological polar surface area (TPSA) is 125 Å². The molecule has 0 spiro atoms. The number of hydrogen-bond acceptors (Lipinski definition) is 6. The summed E-state index contributed by atoms with van der Waals surface area (Å²) in [4.78, 5) is 24.3. The standard InChI is InChI=1S/C9H12N2O6.Sn/c12-3-4-6(14)7(15)8(17-4)11-2-1-5(13)10-9(11)16;/h1-2,4,6-8,12,14-15H,3H2,(H,10,13,16);/t4-,6-,7-,8-;/m1./s1. The summed E-state index contributed by atoms with van der Waals surface area (Å²) < 4.78 is 6.08. The first-order valence-corrected chi connectivity index (χ1v) is 4.98. The van der Waals surface area contributed by atoms with Crippen molar-refractivity contribution in [3.05, 3.63) is 33.1 Å². The Labute approximate surface area is 118 Å². The Hall–Kier alpha value is -0.681. The van der Waals surface area contributed by atoms with Crippen LogP contribution in [0, 0.1) is 0 Å². The van der Waals surface area contributed by atoms with Crippen LogP contribution >= 0.6 is 0 Å². The van der Waals surface area contributed by atoms with Crippen molar-refractivity contribution in [2.24, 2.45) is 0 Å². The van der Waals surface area contributed by atoms with Crippen LogP contribution in [0.4, 0.5) is 0 Å². The molecule has 18 heavy (non-hydrogen) atoms. The second-order valence-corrected chi connectivity index (χ2v) is 3.75. The summed E-state index contributed by atoms with van der Waals surface area (Å²) in [5.41, 5.74) is -1.33. The number of H-pyrrole nitrogens is 1. The smallest absolute Gasteiger partial charge is 0.330 e. The fourth-order valence-electron chi connectivity index (χ4n) is 1.74. The fourth-order valence-corrected chi connectivity index (χ4v) is 1.74. The van der Waals surface area contributed by atoms with Crippen molar-refractivity contribution in [1.82, 2.24) is 9.55 Å². The third kappa shape index (κ3) is 2.67. The maximum absolute atomic E-state index is 11.4. The van der Waals surface area contributed by atoms with Crippen LogP contribution in [0.5, 0.6) is 0 Å². The molecule has 1 fully saturated rings. The largest absolute Gasteiger partial charge is 0.394 e. The first kappa shape index (κ1) is 15.4. The van der Waals surface area contributed by atoms with Gasteiger partial charge in [0.05, 0.1) is 6.61 Å². The molecule has 0 bridgehead atoms. The van der Waals surface area contributed by atoms with E-state index in [0.29, 0.717) is 0 Å². The van der Waals surface area contributed by atoms with Crippen molar-refractivity contribution in [1.29, 1.82) is 0 Å². The van der Waals surface area contributed by atoms with Gasteiger partial charge in [-0.25, -0.2) is 4.79 Å². The van der Waals surface area contributed by atoms with Crippen molar-refractivity contribution < 1.29 is 20.1 Å². The first-order valence-electron chi connectivity index (χ1n) is 4.98. The summed E-state index contributed by atoms with van der Waals surface area (Å²) in [5.74, 6) is 0. The van der Waals surface area contributed by atoms with Crippen LogP contribution in [0.2, 0.25) is 0 Å². The molecule has 0 saturated carbocycles. The summed E-state index contributed by atoms with van der Waals surface area (Å²) in [7, 11) is 0. The molecule has 1 aliphatic heterocycles. The zero-order chi connectivity index (χ0) is 12.6. The Morgan fingerprint density at radius 2 is 2.00 bits per heavy atom. The minimum absolute atomic E-state index is 0. The van der Waals surface area contributed by atoms with Crippen molar-refractivity contribution >= 4 is 23.9 Å². The Kier molecular flexibility index (Phi) is 5.10. The number of hydrogen-bond donors (Lipinski definition) is 4. The van der Waals surface area contributed by atoms with E-state index >= 15 is 0 Å². The molecule has 1 aromatic rings. The van der Waals surface area contributed by atoms with Crippen molar-refractivity contribution in [3.8, 4) is 0 Å². The summed E-state index contributed by atoms with van der Waals surface area (Å²) >= 11 is 0. The molecule has 0 aliphatic carbocycles. The molecule has 0 unspecified atom stereocenters. The second kappa shape index (κ2) is 5.97. The SMILES string of the molecule is O=c1ccn([C@@H]2O[C@H](CO)[C@@H](O)[C@H]2O)c(=O)[nH]1.[Sn]. The molecule has 0 aromatic carbocycles. The summed E-state index contributed by atoms with van der Waals surface area (Å²) in [6, 6.07) is 1.09. The number of ether oxygens (including phenoxy) is 1. The van der Waals surface area contributed by atoms with E-state index in [2.05, 4.69) is 0 Å². The van der Waals surface area contributed by atoms with Gasteiger partial charge in [0.2, 0.25) is 0 Å². The van der Waals surface area contributed by atoms with Crippen LogP contribution in [-0.2, 0) is 4.74 Å². The number of rotatable bonds is 2. The zero-order valence-electron chi connectivity index (χ0n) is 9.18. The first-order chi connectivity index (χ1) is 8.04. The van der Waals surface area contributed by atoms with Gasteiger partial charge < -0.3 is 20.1 Å². The minimum Gasteiger partial charge on any atom is -0.394 e. The van der Waals surface area contributed by atoms with E-state index in [0.717, 1.165) is 16.8 Å². The molecule has 1 aromatic heterocycles. The van der Waals surface area contributed by atoms with Crippen LogP contribution < -0.4 is 11.2 Å². The van der Waals surface area contributed by atoms with Crippen molar-refractivity contribution in [2.45, 2.75) is 24.5 Å². The summed E-state index contributed by atoms with van der Waals surface area (Å²) in [5, 5.41) is 28.1. The minimum atomic E-state index is -1.35. The number of nitrogens with zero attached hydrogens (tertiary/aromatic N) is 1. The van der Waals surface area contributed by atoms with Gasteiger partial charge in [-0.3, -0.25) is 14.3 Å². The number of aliphatic hydroxyl groups is 3. The van der Waals surface area contributed by atoms with Gasteiger partial charge in [-0.2, -0.15) is 0 Å². The van der Waals surface area contributed by atoms with Gasteiger partial charge in [-0.1, -0.05) is 0 Å².